The Morgan fingerprint density at radius 1 is 1.22 bits per heavy atom. The van der Waals surface area contributed by atoms with E-state index in [1.165, 1.54) is 5.56 Å². The lowest BCUT2D eigenvalue weighted by molar-refractivity contribution is -0.145. The predicted molar refractivity (Wildman–Crippen MR) is 89.6 cm³/mol. The summed E-state index contributed by atoms with van der Waals surface area (Å²) in [5, 5.41) is 2.89. The molecule has 4 nitrogen and oxygen atoms in total. The number of nitrogens with one attached hydrogen (secondary N) is 1. The summed E-state index contributed by atoms with van der Waals surface area (Å²) in [6.45, 7) is 3.04. The first kappa shape index (κ1) is 15.8. The minimum absolute atomic E-state index is 0.0159. The van der Waals surface area contributed by atoms with Gasteiger partial charge in [0.1, 0.15) is 6.04 Å². The Morgan fingerprint density at radius 2 is 2.00 bits per heavy atom. The summed E-state index contributed by atoms with van der Waals surface area (Å²) >= 11 is 0. The number of rotatable bonds is 3. The van der Waals surface area contributed by atoms with E-state index in [-0.39, 0.29) is 23.8 Å². The SMILES string of the molecule is CCNC(=O)[C@H]1Cc2ccccc2CN1C(=O)C1CC=CCC1. The molecular weight excluding hydrogens is 288 g/mol. The first-order valence-electron chi connectivity index (χ1n) is 8.50. The first-order chi connectivity index (χ1) is 11.2. The molecule has 1 aliphatic carbocycles. The fourth-order valence-corrected chi connectivity index (χ4v) is 3.53. The fourth-order valence-electron chi connectivity index (χ4n) is 3.53. The van der Waals surface area contributed by atoms with Crippen LogP contribution in [0.2, 0.25) is 0 Å². The number of amides is 2. The topological polar surface area (TPSA) is 49.4 Å². The highest BCUT2D eigenvalue weighted by Gasteiger charge is 2.36. The Morgan fingerprint density at radius 3 is 2.70 bits per heavy atom. The molecule has 122 valence electrons. The van der Waals surface area contributed by atoms with Gasteiger partial charge in [-0.25, -0.2) is 0 Å². The summed E-state index contributed by atoms with van der Waals surface area (Å²) in [7, 11) is 0. The van der Waals surface area contributed by atoms with E-state index in [4.69, 9.17) is 0 Å². The van der Waals surface area contributed by atoms with Gasteiger partial charge in [-0.1, -0.05) is 36.4 Å². The molecule has 4 heteroatoms. The van der Waals surface area contributed by atoms with Crippen molar-refractivity contribution >= 4 is 11.8 Å². The molecule has 3 rings (SSSR count). The van der Waals surface area contributed by atoms with Gasteiger partial charge in [0, 0.05) is 25.4 Å². The van der Waals surface area contributed by atoms with Crippen LogP contribution in [0.5, 0.6) is 0 Å². The van der Waals surface area contributed by atoms with E-state index in [0.29, 0.717) is 19.5 Å². The number of benzene rings is 1. The largest absolute Gasteiger partial charge is 0.355 e. The molecule has 1 unspecified atom stereocenters. The summed E-state index contributed by atoms with van der Waals surface area (Å²) < 4.78 is 0. The maximum Gasteiger partial charge on any atom is 0.243 e. The number of hydrogen-bond donors (Lipinski definition) is 1. The number of carbonyl (C=O) groups excluding carboxylic acids is 2. The third-order valence-electron chi connectivity index (χ3n) is 4.80. The molecule has 1 aromatic carbocycles. The number of nitrogens with zero attached hydrogens (tertiary/aromatic N) is 1. The van der Waals surface area contributed by atoms with Gasteiger partial charge in [-0.15, -0.1) is 0 Å². The molecule has 2 atom stereocenters. The smallest absolute Gasteiger partial charge is 0.243 e. The zero-order valence-electron chi connectivity index (χ0n) is 13.6. The quantitative estimate of drug-likeness (QED) is 0.872. The highest BCUT2D eigenvalue weighted by molar-refractivity contribution is 5.89. The van der Waals surface area contributed by atoms with Gasteiger partial charge in [0.15, 0.2) is 0 Å². The van der Waals surface area contributed by atoms with Crippen LogP contribution in [0.25, 0.3) is 0 Å². The minimum Gasteiger partial charge on any atom is -0.355 e. The molecule has 0 aromatic heterocycles. The molecule has 1 aliphatic heterocycles. The van der Waals surface area contributed by atoms with Crippen LogP contribution in [0.1, 0.15) is 37.3 Å². The van der Waals surface area contributed by atoms with E-state index in [0.717, 1.165) is 24.8 Å². The van der Waals surface area contributed by atoms with Gasteiger partial charge < -0.3 is 10.2 Å². The van der Waals surface area contributed by atoms with E-state index < -0.39 is 0 Å². The molecule has 0 saturated heterocycles. The molecule has 0 spiro atoms. The lowest BCUT2D eigenvalue weighted by atomic mass is 9.88. The lowest BCUT2D eigenvalue weighted by Gasteiger charge is -2.38. The van der Waals surface area contributed by atoms with Crippen LogP contribution in [0, 0.1) is 5.92 Å². The van der Waals surface area contributed by atoms with Crippen LogP contribution in [-0.2, 0) is 22.6 Å². The highest BCUT2D eigenvalue weighted by atomic mass is 16.2. The molecule has 0 fully saturated rings. The second-order valence-electron chi connectivity index (χ2n) is 6.33. The van der Waals surface area contributed by atoms with Crippen molar-refractivity contribution in [1.29, 1.82) is 0 Å². The van der Waals surface area contributed by atoms with E-state index in [1.807, 2.05) is 19.1 Å². The Labute approximate surface area is 137 Å². The van der Waals surface area contributed by atoms with Crippen molar-refractivity contribution in [2.24, 2.45) is 5.92 Å². The summed E-state index contributed by atoms with van der Waals surface area (Å²) in [5.74, 6) is 0.101. The van der Waals surface area contributed by atoms with Crippen molar-refractivity contribution < 1.29 is 9.59 Å². The molecular formula is C19H24N2O2. The van der Waals surface area contributed by atoms with Gasteiger partial charge in [0.2, 0.25) is 11.8 Å². The molecule has 0 bridgehead atoms. The summed E-state index contributed by atoms with van der Waals surface area (Å²) in [6, 6.07) is 7.73. The van der Waals surface area contributed by atoms with Crippen molar-refractivity contribution in [3.8, 4) is 0 Å². The van der Waals surface area contributed by atoms with Gasteiger partial charge in [-0.05, 0) is 37.3 Å². The zero-order chi connectivity index (χ0) is 16.2. The van der Waals surface area contributed by atoms with Gasteiger partial charge in [-0.2, -0.15) is 0 Å². The maximum atomic E-state index is 13.0. The molecule has 2 amide bonds. The van der Waals surface area contributed by atoms with Gasteiger partial charge >= 0.3 is 0 Å². The van der Waals surface area contributed by atoms with Crippen molar-refractivity contribution in [3.63, 3.8) is 0 Å². The Bertz CT molecular complexity index is 624. The van der Waals surface area contributed by atoms with Crippen molar-refractivity contribution in [3.05, 3.63) is 47.5 Å². The van der Waals surface area contributed by atoms with Crippen molar-refractivity contribution in [2.75, 3.05) is 6.54 Å². The monoisotopic (exact) mass is 312 g/mol. The maximum absolute atomic E-state index is 13.0. The minimum atomic E-state index is -0.386. The normalized spacial score (nSPS) is 23.3. The number of hydrogen-bond acceptors (Lipinski definition) is 2. The third kappa shape index (κ3) is 3.31. The molecule has 1 N–H and O–H groups in total. The van der Waals surface area contributed by atoms with E-state index in [9.17, 15) is 9.59 Å². The fraction of sp³-hybridized carbons (Fsp3) is 0.474. The number of carbonyl (C=O) groups is 2. The number of fused-ring (bicyclic) bond motifs is 1. The predicted octanol–water partition coefficient (Wildman–Crippen LogP) is 2.43. The second-order valence-corrected chi connectivity index (χ2v) is 6.33. The van der Waals surface area contributed by atoms with Crippen LogP contribution >= 0.6 is 0 Å². The molecule has 1 aromatic rings. The summed E-state index contributed by atoms with van der Waals surface area (Å²) in [6.07, 6.45) is 7.46. The van der Waals surface area contributed by atoms with Crippen LogP contribution in [-0.4, -0.2) is 29.3 Å². The van der Waals surface area contributed by atoms with E-state index in [2.05, 4.69) is 29.6 Å². The highest BCUT2D eigenvalue weighted by Crippen LogP contribution is 2.28. The standard InChI is InChI=1S/C19H24N2O2/c1-2-20-18(22)17-12-15-10-6-7-11-16(15)13-21(17)19(23)14-8-4-3-5-9-14/h3-4,6-7,10-11,14,17H,2,5,8-9,12-13H2,1H3,(H,20,22)/t14?,17-/m1/s1. The second kappa shape index (κ2) is 6.99. The molecule has 0 radical (unpaired) electrons. The average molecular weight is 312 g/mol. The van der Waals surface area contributed by atoms with Gasteiger partial charge in [-0.3, -0.25) is 9.59 Å². The Balaban J connectivity index is 1.86. The molecule has 1 heterocycles. The Kier molecular flexibility index (Phi) is 4.79. The first-order valence-corrected chi connectivity index (χ1v) is 8.50. The van der Waals surface area contributed by atoms with Gasteiger partial charge in [0.05, 0.1) is 0 Å². The average Bonchev–Trinajstić information content (AvgIpc) is 2.61. The molecule has 2 aliphatic rings. The van der Waals surface area contributed by atoms with Crippen molar-refractivity contribution in [1.82, 2.24) is 10.2 Å². The van der Waals surface area contributed by atoms with Crippen LogP contribution in [0.15, 0.2) is 36.4 Å². The van der Waals surface area contributed by atoms with Crippen LogP contribution < -0.4 is 5.32 Å². The number of allylic oxidation sites excluding steroid dienone is 2. The summed E-state index contributed by atoms with van der Waals surface area (Å²) in [4.78, 5) is 27.3. The van der Waals surface area contributed by atoms with E-state index >= 15 is 0 Å². The van der Waals surface area contributed by atoms with E-state index in [1.54, 1.807) is 4.90 Å². The summed E-state index contributed by atoms with van der Waals surface area (Å²) in [5.41, 5.74) is 2.34. The Hall–Kier alpha value is -2.10. The van der Waals surface area contributed by atoms with Crippen molar-refractivity contribution in [2.45, 2.75) is 45.2 Å². The third-order valence-corrected chi connectivity index (χ3v) is 4.80. The lowest BCUT2D eigenvalue weighted by Crippen LogP contribution is -2.54. The van der Waals surface area contributed by atoms with Gasteiger partial charge in [0.25, 0.3) is 0 Å². The van der Waals surface area contributed by atoms with Crippen LogP contribution in [0.3, 0.4) is 0 Å². The number of likely N-dealkylation sites (N-methyl/N-ethyl adjacent to an activating group) is 1. The zero-order valence-corrected chi connectivity index (χ0v) is 13.6. The molecule has 0 saturated carbocycles. The molecule has 23 heavy (non-hydrogen) atoms. The van der Waals surface area contributed by atoms with Crippen LogP contribution in [0.4, 0.5) is 0 Å².